The van der Waals surface area contributed by atoms with Crippen LogP contribution in [0.15, 0.2) is 0 Å². The van der Waals surface area contributed by atoms with E-state index in [-0.39, 0.29) is 6.04 Å². The van der Waals surface area contributed by atoms with E-state index in [4.69, 9.17) is 0 Å². The highest BCUT2D eigenvalue weighted by molar-refractivity contribution is 7.88. The Morgan fingerprint density at radius 1 is 1.29 bits per heavy atom. The fraction of sp³-hybridized carbons (Fsp3) is 0.929. The summed E-state index contributed by atoms with van der Waals surface area (Å²) in [4.78, 5) is 2.27. The molecule has 0 aromatic rings. The van der Waals surface area contributed by atoms with Crippen molar-refractivity contribution in [2.24, 2.45) is 0 Å². The predicted molar refractivity (Wildman–Crippen MR) is 84.4 cm³/mol. The van der Waals surface area contributed by atoms with Gasteiger partial charge in [0.25, 0.3) is 0 Å². The van der Waals surface area contributed by atoms with E-state index in [9.17, 15) is 13.7 Å². The van der Waals surface area contributed by atoms with Crippen LogP contribution in [0.25, 0.3) is 0 Å². The maximum absolute atomic E-state index is 11.4. The maximum atomic E-state index is 11.4. The Balaban J connectivity index is 2.33. The fourth-order valence-corrected chi connectivity index (χ4v) is 3.57. The fourth-order valence-electron chi connectivity index (χ4n) is 2.74. The standard InChI is InChI=1S/C14H28N4O2S/c1-13(2)16-14(3,12-15)6-5-7-17-8-10-18(11-9-17)21(4,19)20/h13,16H,5-11H2,1-4H3. The largest absolute Gasteiger partial charge is 0.301 e. The lowest BCUT2D eigenvalue weighted by atomic mass is 9.96. The lowest BCUT2D eigenvalue weighted by Crippen LogP contribution is -2.49. The van der Waals surface area contributed by atoms with Gasteiger partial charge in [-0.1, -0.05) is 0 Å². The number of hydrogen-bond donors (Lipinski definition) is 1. The molecule has 1 atom stereocenters. The lowest BCUT2D eigenvalue weighted by molar-refractivity contribution is 0.182. The molecule has 6 nitrogen and oxygen atoms in total. The van der Waals surface area contributed by atoms with Crippen molar-refractivity contribution in [1.29, 1.82) is 5.26 Å². The molecule has 1 aliphatic rings. The van der Waals surface area contributed by atoms with Gasteiger partial charge in [-0.25, -0.2) is 8.42 Å². The normalized spacial score (nSPS) is 21.1. The molecule has 0 bridgehead atoms. The minimum absolute atomic E-state index is 0.285. The van der Waals surface area contributed by atoms with Crippen LogP contribution in [0.1, 0.15) is 33.6 Å². The molecule has 0 aromatic carbocycles. The van der Waals surface area contributed by atoms with Crippen LogP contribution in [-0.2, 0) is 10.0 Å². The van der Waals surface area contributed by atoms with Crippen LogP contribution in [0.4, 0.5) is 0 Å². The number of hydrogen-bond acceptors (Lipinski definition) is 5. The molecular weight excluding hydrogens is 288 g/mol. The highest BCUT2D eigenvalue weighted by atomic mass is 32.2. The molecule has 122 valence electrons. The second kappa shape index (κ2) is 7.54. The summed E-state index contributed by atoms with van der Waals surface area (Å²) in [5, 5.41) is 12.6. The van der Waals surface area contributed by atoms with Crippen LogP contribution >= 0.6 is 0 Å². The van der Waals surface area contributed by atoms with Gasteiger partial charge in [-0.3, -0.25) is 5.32 Å². The summed E-state index contributed by atoms with van der Waals surface area (Å²) in [7, 11) is -3.06. The number of rotatable bonds is 7. The van der Waals surface area contributed by atoms with Gasteiger partial charge in [0, 0.05) is 32.2 Å². The van der Waals surface area contributed by atoms with Crippen molar-refractivity contribution >= 4 is 10.0 Å². The summed E-state index contributed by atoms with van der Waals surface area (Å²) >= 11 is 0. The van der Waals surface area contributed by atoms with Gasteiger partial charge in [0.1, 0.15) is 5.54 Å². The first-order chi connectivity index (χ1) is 9.66. The van der Waals surface area contributed by atoms with Gasteiger partial charge in [-0.05, 0) is 40.2 Å². The summed E-state index contributed by atoms with van der Waals surface area (Å²) in [5.74, 6) is 0. The van der Waals surface area contributed by atoms with Gasteiger partial charge < -0.3 is 4.90 Å². The summed E-state index contributed by atoms with van der Waals surface area (Å²) < 4.78 is 24.4. The van der Waals surface area contributed by atoms with E-state index in [0.29, 0.717) is 13.1 Å². The number of nitrogens with zero attached hydrogens (tertiary/aromatic N) is 3. The van der Waals surface area contributed by atoms with Crippen molar-refractivity contribution in [1.82, 2.24) is 14.5 Å². The number of piperazine rings is 1. The minimum Gasteiger partial charge on any atom is -0.301 e. The molecular formula is C14H28N4O2S. The van der Waals surface area contributed by atoms with E-state index in [1.165, 1.54) is 10.6 Å². The second-order valence-corrected chi connectivity index (χ2v) is 8.33. The SMILES string of the molecule is CC(C)NC(C)(C#N)CCCN1CCN(S(C)(=O)=O)CC1. The van der Waals surface area contributed by atoms with Crippen LogP contribution in [0.2, 0.25) is 0 Å². The molecule has 0 aromatic heterocycles. The van der Waals surface area contributed by atoms with Crippen LogP contribution in [0.3, 0.4) is 0 Å². The van der Waals surface area contributed by atoms with Gasteiger partial charge >= 0.3 is 0 Å². The zero-order valence-electron chi connectivity index (χ0n) is 13.6. The summed E-state index contributed by atoms with van der Waals surface area (Å²) in [6.45, 7) is 9.61. The lowest BCUT2D eigenvalue weighted by Gasteiger charge is -2.34. The molecule has 1 unspecified atom stereocenters. The zero-order valence-corrected chi connectivity index (χ0v) is 14.4. The Labute approximate surface area is 129 Å². The van der Waals surface area contributed by atoms with Crippen molar-refractivity contribution in [3.63, 3.8) is 0 Å². The maximum Gasteiger partial charge on any atom is 0.211 e. The molecule has 1 fully saturated rings. The van der Waals surface area contributed by atoms with Crippen molar-refractivity contribution in [2.75, 3.05) is 39.0 Å². The molecule has 0 amide bonds. The van der Waals surface area contributed by atoms with Crippen LogP contribution < -0.4 is 5.32 Å². The molecule has 0 saturated carbocycles. The van der Waals surface area contributed by atoms with Crippen molar-refractivity contribution < 1.29 is 8.42 Å². The van der Waals surface area contributed by atoms with E-state index in [1.54, 1.807) is 0 Å². The van der Waals surface area contributed by atoms with Crippen LogP contribution in [0.5, 0.6) is 0 Å². The molecule has 21 heavy (non-hydrogen) atoms. The monoisotopic (exact) mass is 316 g/mol. The Morgan fingerprint density at radius 2 is 1.86 bits per heavy atom. The van der Waals surface area contributed by atoms with Crippen molar-refractivity contribution in [3.8, 4) is 6.07 Å². The third-order valence-electron chi connectivity index (χ3n) is 3.81. The van der Waals surface area contributed by atoms with E-state index in [0.717, 1.165) is 32.5 Å². The first-order valence-corrected chi connectivity index (χ1v) is 9.37. The first-order valence-electron chi connectivity index (χ1n) is 7.53. The summed E-state index contributed by atoms with van der Waals surface area (Å²) in [6.07, 6.45) is 3.00. The second-order valence-electron chi connectivity index (χ2n) is 6.35. The van der Waals surface area contributed by atoms with Gasteiger partial charge in [-0.15, -0.1) is 0 Å². The minimum atomic E-state index is -3.06. The third-order valence-corrected chi connectivity index (χ3v) is 5.11. The first kappa shape index (κ1) is 18.4. The Hall–Kier alpha value is -0.680. The number of sulfonamides is 1. The molecule has 0 radical (unpaired) electrons. The summed E-state index contributed by atoms with van der Waals surface area (Å²) in [5.41, 5.74) is -0.483. The van der Waals surface area contributed by atoms with E-state index < -0.39 is 15.6 Å². The third kappa shape index (κ3) is 6.30. The van der Waals surface area contributed by atoms with Gasteiger partial charge in [0.15, 0.2) is 0 Å². The summed E-state index contributed by atoms with van der Waals surface area (Å²) in [6, 6.07) is 2.64. The Kier molecular flexibility index (Phi) is 6.60. The van der Waals surface area contributed by atoms with Crippen molar-refractivity contribution in [3.05, 3.63) is 0 Å². The van der Waals surface area contributed by atoms with E-state index in [1.807, 2.05) is 20.8 Å². The predicted octanol–water partition coefficient (Wildman–Crippen LogP) is 0.624. The van der Waals surface area contributed by atoms with Crippen LogP contribution in [-0.4, -0.2) is 68.2 Å². The molecule has 1 heterocycles. The average Bonchev–Trinajstić information content (AvgIpc) is 2.37. The average molecular weight is 316 g/mol. The van der Waals surface area contributed by atoms with Gasteiger partial charge in [0.2, 0.25) is 10.0 Å². The zero-order chi connectivity index (χ0) is 16.1. The van der Waals surface area contributed by atoms with Crippen molar-refractivity contribution in [2.45, 2.75) is 45.2 Å². The smallest absolute Gasteiger partial charge is 0.211 e. The molecule has 7 heteroatoms. The number of nitriles is 1. The van der Waals surface area contributed by atoms with Crippen LogP contribution in [0, 0.1) is 11.3 Å². The molecule has 1 saturated heterocycles. The Morgan fingerprint density at radius 3 is 2.29 bits per heavy atom. The Bertz CT molecular complexity index is 464. The molecule has 1 aliphatic heterocycles. The van der Waals surface area contributed by atoms with Gasteiger partial charge in [0.05, 0.1) is 12.3 Å². The quantitative estimate of drug-likeness (QED) is 0.745. The topological polar surface area (TPSA) is 76.4 Å². The number of nitrogens with one attached hydrogen (secondary N) is 1. The molecule has 0 spiro atoms. The van der Waals surface area contributed by atoms with E-state index >= 15 is 0 Å². The molecule has 1 N–H and O–H groups in total. The molecule has 0 aliphatic carbocycles. The van der Waals surface area contributed by atoms with E-state index in [2.05, 4.69) is 16.3 Å². The highest BCUT2D eigenvalue weighted by Crippen LogP contribution is 2.14. The van der Waals surface area contributed by atoms with Gasteiger partial charge in [-0.2, -0.15) is 9.57 Å². The molecule has 1 rings (SSSR count). The highest BCUT2D eigenvalue weighted by Gasteiger charge is 2.26.